The van der Waals surface area contributed by atoms with Crippen LogP contribution < -0.4 is 10.6 Å². The molecule has 3 rings (SSSR count). The minimum atomic E-state index is 0.0403. The Morgan fingerprint density at radius 3 is 1.37 bits per heavy atom. The van der Waals surface area contributed by atoms with Gasteiger partial charge in [0.1, 0.15) is 0 Å². The third kappa shape index (κ3) is 7.55. The average molecular weight is 401 g/mol. The van der Waals surface area contributed by atoms with E-state index in [1.165, 1.54) is 0 Å². The van der Waals surface area contributed by atoms with Crippen LogP contribution in [0.15, 0.2) is 84.9 Å². The van der Waals surface area contributed by atoms with Gasteiger partial charge >= 0.3 is 0 Å². The van der Waals surface area contributed by atoms with Gasteiger partial charge in [0.2, 0.25) is 11.8 Å². The Morgan fingerprint density at radius 1 is 0.533 bits per heavy atom. The summed E-state index contributed by atoms with van der Waals surface area (Å²) in [7, 11) is 0. The largest absolute Gasteiger partial charge is 0.352 e. The Bertz CT molecular complexity index is 865. The van der Waals surface area contributed by atoms with Crippen LogP contribution in [0.2, 0.25) is 0 Å². The predicted molar refractivity (Wildman–Crippen MR) is 120 cm³/mol. The van der Waals surface area contributed by atoms with Gasteiger partial charge < -0.3 is 10.6 Å². The maximum absolute atomic E-state index is 12.1. The molecule has 0 aliphatic carbocycles. The summed E-state index contributed by atoms with van der Waals surface area (Å²) in [6.07, 6.45) is 2.42. The molecule has 0 spiro atoms. The number of hydrogen-bond donors (Lipinski definition) is 2. The summed E-state index contributed by atoms with van der Waals surface area (Å²) >= 11 is 0. The zero-order valence-corrected chi connectivity index (χ0v) is 17.1. The zero-order valence-electron chi connectivity index (χ0n) is 17.1. The molecule has 2 N–H and O–H groups in total. The van der Waals surface area contributed by atoms with Crippen molar-refractivity contribution in [3.8, 4) is 0 Å². The molecule has 0 saturated heterocycles. The first-order valence-corrected chi connectivity index (χ1v) is 10.4. The molecule has 0 atom stereocenters. The van der Waals surface area contributed by atoms with Crippen molar-refractivity contribution < 1.29 is 9.59 Å². The summed E-state index contributed by atoms with van der Waals surface area (Å²) in [4.78, 5) is 24.2. The third-order valence-corrected chi connectivity index (χ3v) is 4.94. The Morgan fingerprint density at radius 2 is 0.933 bits per heavy atom. The molecular formula is C26H28N2O2. The number of amides is 2. The topological polar surface area (TPSA) is 58.2 Å². The van der Waals surface area contributed by atoms with Crippen molar-refractivity contribution in [2.24, 2.45) is 0 Å². The molecule has 0 heterocycles. The second-order valence-corrected chi connectivity index (χ2v) is 7.34. The highest BCUT2D eigenvalue weighted by atomic mass is 16.2. The summed E-state index contributed by atoms with van der Waals surface area (Å²) in [6.45, 7) is 0.979. The van der Waals surface area contributed by atoms with E-state index in [0.29, 0.717) is 25.9 Å². The van der Waals surface area contributed by atoms with Gasteiger partial charge in [-0.2, -0.15) is 0 Å². The lowest BCUT2D eigenvalue weighted by molar-refractivity contribution is -0.122. The maximum Gasteiger partial charge on any atom is 0.220 e. The fraction of sp³-hybridized carbons (Fsp3) is 0.231. The van der Waals surface area contributed by atoms with Crippen molar-refractivity contribution in [1.29, 1.82) is 0 Å². The maximum atomic E-state index is 12.1. The van der Waals surface area contributed by atoms with Crippen LogP contribution in [0, 0.1) is 0 Å². The van der Waals surface area contributed by atoms with E-state index >= 15 is 0 Å². The fourth-order valence-corrected chi connectivity index (χ4v) is 3.23. The van der Waals surface area contributed by atoms with E-state index in [1.807, 2.05) is 84.9 Å². The second-order valence-electron chi connectivity index (χ2n) is 7.34. The van der Waals surface area contributed by atoms with Crippen LogP contribution in [-0.4, -0.2) is 11.8 Å². The van der Waals surface area contributed by atoms with Gasteiger partial charge in [0.05, 0.1) is 0 Å². The molecule has 4 nitrogen and oxygen atoms in total. The van der Waals surface area contributed by atoms with Crippen molar-refractivity contribution in [3.63, 3.8) is 0 Å². The van der Waals surface area contributed by atoms with E-state index in [-0.39, 0.29) is 11.8 Å². The SMILES string of the molecule is O=C(CCc1ccccc1)NCc1cccc(CNC(=O)CCc2ccccc2)c1. The molecule has 0 aliphatic heterocycles. The predicted octanol–water partition coefficient (Wildman–Crippen LogP) is 4.18. The van der Waals surface area contributed by atoms with Gasteiger partial charge in [-0.1, -0.05) is 84.9 Å². The van der Waals surface area contributed by atoms with Gasteiger partial charge in [0.15, 0.2) is 0 Å². The van der Waals surface area contributed by atoms with Gasteiger partial charge in [0, 0.05) is 25.9 Å². The van der Waals surface area contributed by atoms with Crippen molar-refractivity contribution in [2.45, 2.75) is 38.8 Å². The van der Waals surface area contributed by atoms with Crippen molar-refractivity contribution in [2.75, 3.05) is 0 Å². The van der Waals surface area contributed by atoms with Crippen molar-refractivity contribution in [3.05, 3.63) is 107 Å². The van der Waals surface area contributed by atoms with E-state index in [2.05, 4.69) is 10.6 Å². The zero-order chi connectivity index (χ0) is 21.0. The molecule has 4 heteroatoms. The van der Waals surface area contributed by atoms with E-state index in [1.54, 1.807) is 0 Å². The molecule has 0 aliphatic rings. The third-order valence-electron chi connectivity index (χ3n) is 4.94. The van der Waals surface area contributed by atoms with Crippen molar-refractivity contribution in [1.82, 2.24) is 10.6 Å². The number of benzene rings is 3. The van der Waals surface area contributed by atoms with Crippen LogP contribution in [0.4, 0.5) is 0 Å². The standard InChI is InChI=1S/C26H28N2O2/c29-25(16-14-21-8-3-1-4-9-21)27-19-23-12-7-13-24(18-23)20-28-26(30)17-15-22-10-5-2-6-11-22/h1-13,18H,14-17,19-20H2,(H,27,29)(H,28,30). The minimum Gasteiger partial charge on any atom is -0.352 e. The average Bonchev–Trinajstić information content (AvgIpc) is 2.80. The van der Waals surface area contributed by atoms with Crippen molar-refractivity contribution >= 4 is 11.8 Å². The van der Waals surface area contributed by atoms with Gasteiger partial charge in [0.25, 0.3) is 0 Å². The Labute approximate surface area is 178 Å². The van der Waals surface area contributed by atoms with Crippen LogP contribution in [0.1, 0.15) is 35.1 Å². The summed E-state index contributed by atoms with van der Waals surface area (Å²) < 4.78 is 0. The van der Waals surface area contributed by atoms with E-state index in [0.717, 1.165) is 35.1 Å². The molecule has 0 radical (unpaired) electrons. The first kappa shape index (κ1) is 21.3. The summed E-state index contributed by atoms with van der Waals surface area (Å²) in [5.74, 6) is 0.0805. The fourth-order valence-electron chi connectivity index (χ4n) is 3.23. The highest BCUT2D eigenvalue weighted by Gasteiger charge is 2.05. The smallest absolute Gasteiger partial charge is 0.220 e. The molecule has 0 fully saturated rings. The Kier molecular flexibility index (Phi) is 8.22. The molecule has 0 aromatic heterocycles. The Balaban J connectivity index is 1.38. The lowest BCUT2D eigenvalue weighted by Gasteiger charge is -2.09. The number of carbonyl (C=O) groups excluding carboxylic acids is 2. The molecular weight excluding hydrogens is 372 g/mol. The number of rotatable bonds is 10. The number of nitrogens with one attached hydrogen (secondary N) is 2. The lowest BCUT2D eigenvalue weighted by atomic mass is 10.1. The minimum absolute atomic E-state index is 0.0403. The van der Waals surface area contributed by atoms with Crippen LogP contribution in [-0.2, 0) is 35.5 Å². The number of carbonyl (C=O) groups is 2. The second kappa shape index (κ2) is 11.6. The molecule has 3 aromatic carbocycles. The lowest BCUT2D eigenvalue weighted by Crippen LogP contribution is -2.24. The number of hydrogen-bond acceptors (Lipinski definition) is 2. The molecule has 3 aromatic rings. The Hall–Kier alpha value is -3.40. The quantitative estimate of drug-likeness (QED) is 0.536. The summed E-state index contributed by atoms with van der Waals surface area (Å²) in [5, 5.41) is 5.95. The molecule has 2 amide bonds. The van der Waals surface area contributed by atoms with Gasteiger partial charge in [-0.15, -0.1) is 0 Å². The molecule has 30 heavy (non-hydrogen) atoms. The van der Waals surface area contributed by atoms with Gasteiger partial charge in [-0.25, -0.2) is 0 Å². The van der Waals surface area contributed by atoms with Gasteiger partial charge in [-0.3, -0.25) is 9.59 Å². The van der Waals surface area contributed by atoms with Crippen LogP contribution in [0.3, 0.4) is 0 Å². The van der Waals surface area contributed by atoms with Crippen LogP contribution >= 0.6 is 0 Å². The van der Waals surface area contributed by atoms with Gasteiger partial charge in [-0.05, 0) is 35.1 Å². The summed E-state index contributed by atoms with van der Waals surface area (Å²) in [5.41, 5.74) is 4.38. The van der Waals surface area contributed by atoms with E-state index in [9.17, 15) is 9.59 Å². The van der Waals surface area contributed by atoms with E-state index in [4.69, 9.17) is 0 Å². The van der Waals surface area contributed by atoms with E-state index < -0.39 is 0 Å². The monoisotopic (exact) mass is 400 g/mol. The first-order valence-electron chi connectivity index (χ1n) is 10.4. The number of aryl methyl sites for hydroxylation is 2. The highest BCUT2D eigenvalue weighted by Crippen LogP contribution is 2.07. The molecule has 0 saturated carbocycles. The normalized spacial score (nSPS) is 10.4. The molecule has 154 valence electrons. The summed E-state index contributed by atoms with van der Waals surface area (Å²) in [6, 6.07) is 28.0. The highest BCUT2D eigenvalue weighted by molar-refractivity contribution is 5.76. The first-order chi connectivity index (χ1) is 14.7. The van der Waals surface area contributed by atoms with Crippen LogP contribution in [0.25, 0.3) is 0 Å². The molecule has 0 bridgehead atoms. The van der Waals surface area contributed by atoms with Crippen LogP contribution in [0.5, 0.6) is 0 Å². The molecule has 0 unspecified atom stereocenters.